The van der Waals surface area contributed by atoms with Gasteiger partial charge in [-0.2, -0.15) is 8.42 Å². The highest BCUT2D eigenvalue weighted by Gasteiger charge is 2.52. The molecule has 0 unspecified atom stereocenters. The Hall–Kier alpha value is -1.16. The molecule has 0 saturated carbocycles. The predicted octanol–water partition coefficient (Wildman–Crippen LogP) is 0.210. The molecule has 2 rings (SSSR count). The molecule has 1 saturated heterocycles. The lowest BCUT2D eigenvalue weighted by Crippen LogP contribution is -2.41. The van der Waals surface area contributed by atoms with Gasteiger partial charge >= 0.3 is 7.12 Å². The second-order valence-corrected chi connectivity index (χ2v) is 7.13. The Kier molecular flexibility index (Phi) is 3.37. The first-order valence-electron chi connectivity index (χ1n) is 6.02. The molecule has 1 aliphatic heterocycles. The molecule has 0 amide bonds. The Balaban J connectivity index is 2.45. The maximum atomic E-state index is 11.2. The number of anilines is 1. The number of nitrogen functional groups attached to an aromatic ring is 1. The third-order valence-electron chi connectivity index (χ3n) is 3.73. The van der Waals surface area contributed by atoms with Gasteiger partial charge < -0.3 is 15.0 Å². The molecular weight excluding hydrogens is 283 g/mol. The summed E-state index contributed by atoms with van der Waals surface area (Å²) in [6.45, 7) is 7.46. The molecule has 1 aromatic heterocycles. The summed E-state index contributed by atoms with van der Waals surface area (Å²) in [6.07, 6.45) is 0.986. The van der Waals surface area contributed by atoms with Crippen LogP contribution >= 0.6 is 0 Å². The first-order chi connectivity index (χ1) is 8.94. The molecule has 1 fully saturated rings. The van der Waals surface area contributed by atoms with Crippen molar-refractivity contribution in [2.75, 3.05) is 5.73 Å². The highest BCUT2D eigenvalue weighted by Crippen LogP contribution is 2.36. The van der Waals surface area contributed by atoms with Crippen molar-refractivity contribution >= 4 is 28.5 Å². The van der Waals surface area contributed by atoms with Crippen LogP contribution in [0.5, 0.6) is 0 Å². The number of hydrogen-bond acceptors (Lipinski definition) is 6. The smallest absolute Gasteiger partial charge is 0.399 e. The Morgan fingerprint density at radius 3 is 2.20 bits per heavy atom. The summed E-state index contributed by atoms with van der Waals surface area (Å²) < 4.78 is 42.9. The molecule has 2 heterocycles. The fraction of sp³-hybridized carbons (Fsp3) is 0.545. The van der Waals surface area contributed by atoms with E-state index in [1.807, 2.05) is 27.7 Å². The lowest BCUT2D eigenvalue weighted by Gasteiger charge is -2.32. The summed E-state index contributed by atoms with van der Waals surface area (Å²) in [5.41, 5.74) is 4.85. The molecule has 110 valence electrons. The van der Waals surface area contributed by atoms with Crippen LogP contribution in [0, 0.1) is 0 Å². The maximum Gasteiger partial charge on any atom is 0.498 e. The normalized spacial score (nSPS) is 21.1. The van der Waals surface area contributed by atoms with Crippen molar-refractivity contribution in [3.63, 3.8) is 0 Å². The van der Waals surface area contributed by atoms with Crippen LogP contribution in [0.1, 0.15) is 27.7 Å². The van der Waals surface area contributed by atoms with Crippen molar-refractivity contribution < 1.29 is 22.3 Å². The van der Waals surface area contributed by atoms with Crippen LogP contribution in [0.15, 0.2) is 17.2 Å². The van der Waals surface area contributed by atoms with E-state index in [2.05, 4.69) is 4.98 Å². The number of nitrogens with zero attached hydrogens (tertiary/aromatic N) is 1. The molecule has 0 spiro atoms. The molecule has 20 heavy (non-hydrogen) atoms. The van der Waals surface area contributed by atoms with Crippen LogP contribution < -0.4 is 11.2 Å². The Labute approximate surface area is 118 Å². The molecule has 0 radical (unpaired) electrons. The summed E-state index contributed by atoms with van der Waals surface area (Å²) in [5.74, 6) is 0.0934. The standard InChI is InChI=1S/C11H17BN2O5S/c1-10(2)11(3,4)19-12(18-10)8-5-7(20(15,16)17)6-14-9(8)13/h5-6H,1-4H3,(H2,13,14)(H,15,16,17). The highest BCUT2D eigenvalue weighted by molar-refractivity contribution is 7.85. The number of rotatable bonds is 2. The second kappa shape index (κ2) is 4.42. The van der Waals surface area contributed by atoms with Gasteiger partial charge in [-0.15, -0.1) is 0 Å². The third-order valence-corrected chi connectivity index (χ3v) is 4.55. The Morgan fingerprint density at radius 2 is 1.75 bits per heavy atom. The van der Waals surface area contributed by atoms with Crippen molar-refractivity contribution in [2.24, 2.45) is 0 Å². The lowest BCUT2D eigenvalue weighted by molar-refractivity contribution is 0.00578. The number of pyridine rings is 1. The fourth-order valence-corrected chi connectivity index (χ4v) is 2.23. The Morgan fingerprint density at radius 1 is 1.25 bits per heavy atom. The average Bonchev–Trinajstić information content (AvgIpc) is 2.46. The molecule has 1 aromatic rings. The number of aromatic nitrogens is 1. The van der Waals surface area contributed by atoms with Gasteiger partial charge in [-0.3, -0.25) is 4.55 Å². The largest absolute Gasteiger partial charge is 0.498 e. The van der Waals surface area contributed by atoms with Gasteiger partial charge in [0.15, 0.2) is 0 Å². The van der Waals surface area contributed by atoms with Crippen LogP contribution in [0.25, 0.3) is 0 Å². The van der Waals surface area contributed by atoms with Crippen molar-refractivity contribution in [2.45, 2.75) is 43.8 Å². The first-order valence-corrected chi connectivity index (χ1v) is 7.46. The van der Waals surface area contributed by atoms with E-state index in [0.717, 1.165) is 6.20 Å². The van der Waals surface area contributed by atoms with Gasteiger partial charge in [-0.25, -0.2) is 4.98 Å². The second-order valence-electron chi connectivity index (χ2n) is 5.71. The molecule has 0 aromatic carbocycles. The quantitative estimate of drug-likeness (QED) is 0.593. The van der Waals surface area contributed by atoms with Crippen molar-refractivity contribution in [3.05, 3.63) is 12.3 Å². The highest BCUT2D eigenvalue weighted by atomic mass is 32.2. The summed E-state index contributed by atoms with van der Waals surface area (Å²) in [7, 11) is -5.20. The van der Waals surface area contributed by atoms with Crippen LogP contribution in [-0.2, 0) is 19.4 Å². The molecule has 0 bridgehead atoms. The summed E-state index contributed by atoms with van der Waals surface area (Å²) in [6, 6.07) is 1.21. The zero-order valence-corrected chi connectivity index (χ0v) is 12.6. The maximum absolute atomic E-state index is 11.2. The van der Waals surface area contributed by atoms with Crippen LogP contribution in [0.3, 0.4) is 0 Å². The van der Waals surface area contributed by atoms with E-state index in [0.29, 0.717) is 0 Å². The van der Waals surface area contributed by atoms with Crippen molar-refractivity contribution in [1.29, 1.82) is 0 Å². The van der Waals surface area contributed by atoms with E-state index < -0.39 is 28.4 Å². The molecule has 1 aliphatic rings. The van der Waals surface area contributed by atoms with E-state index in [1.54, 1.807) is 0 Å². The van der Waals surface area contributed by atoms with E-state index in [9.17, 15) is 8.42 Å². The number of nitrogens with two attached hydrogens (primary N) is 1. The number of hydrogen-bond donors (Lipinski definition) is 2. The van der Waals surface area contributed by atoms with Crippen LogP contribution in [0.4, 0.5) is 5.82 Å². The molecule has 0 aliphatic carbocycles. The fourth-order valence-electron chi connectivity index (χ4n) is 1.77. The average molecular weight is 300 g/mol. The molecular formula is C11H17BN2O5S. The minimum atomic E-state index is -4.36. The summed E-state index contributed by atoms with van der Waals surface area (Å²) in [5, 5.41) is 0. The van der Waals surface area contributed by atoms with Crippen LogP contribution in [-0.4, -0.2) is 36.3 Å². The van der Waals surface area contributed by atoms with E-state index in [4.69, 9.17) is 19.6 Å². The van der Waals surface area contributed by atoms with Gasteiger partial charge in [-0.1, -0.05) is 0 Å². The third kappa shape index (κ3) is 2.53. The minimum absolute atomic E-state index is 0.0934. The van der Waals surface area contributed by atoms with Crippen LogP contribution in [0.2, 0.25) is 0 Å². The topological polar surface area (TPSA) is 112 Å². The van der Waals surface area contributed by atoms with Gasteiger partial charge in [0.2, 0.25) is 0 Å². The van der Waals surface area contributed by atoms with E-state index >= 15 is 0 Å². The molecule has 7 nitrogen and oxygen atoms in total. The van der Waals surface area contributed by atoms with E-state index in [-0.39, 0.29) is 16.2 Å². The van der Waals surface area contributed by atoms with Gasteiger partial charge in [0.1, 0.15) is 10.7 Å². The van der Waals surface area contributed by atoms with E-state index in [1.165, 1.54) is 6.07 Å². The van der Waals surface area contributed by atoms with Gasteiger partial charge in [0.25, 0.3) is 10.1 Å². The first kappa shape index (κ1) is 15.2. The van der Waals surface area contributed by atoms with Crippen molar-refractivity contribution in [1.82, 2.24) is 4.98 Å². The van der Waals surface area contributed by atoms with Crippen molar-refractivity contribution in [3.8, 4) is 0 Å². The minimum Gasteiger partial charge on any atom is -0.399 e. The zero-order chi connectivity index (χ0) is 15.3. The Bertz CT molecular complexity index is 628. The lowest BCUT2D eigenvalue weighted by atomic mass is 9.79. The molecule has 9 heteroatoms. The van der Waals surface area contributed by atoms with Gasteiger partial charge in [0, 0.05) is 5.46 Å². The zero-order valence-electron chi connectivity index (χ0n) is 11.7. The summed E-state index contributed by atoms with van der Waals surface area (Å²) in [4.78, 5) is 3.41. The molecule has 0 atom stereocenters. The van der Waals surface area contributed by atoms with Gasteiger partial charge in [-0.05, 0) is 33.8 Å². The monoisotopic (exact) mass is 300 g/mol. The van der Waals surface area contributed by atoms with Gasteiger partial charge in [0.05, 0.1) is 17.4 Å². The summed E-state index contributed by atoms with van der Waals surface area (Å²) >= 11 is 0. The SMILES string of the molecule is CC1(C)OB(c2cc(S(=O)(=O)O)cnc2N)OC1(C)C. The molecule has 3 N–H and O–H groups in total. The predicted molar refractivity (Wildman–Crippen MR) is 74.2 cm³/mol.